The van der Waals surface area contributed by atoms with Crippen LogP contribution in [0.25, 0.3) is 5.76 Å². The molecule has 1 unspecified atom stereocenters. The Hall–Kier alpha value is -3.52. The second kappa shape index (κ2) is 10.9. The standard InChI is InChI=1S/C25H29NO7/c1-5-33-19-11-10-16(15-20(19)32-4)22-21(23(27)17-8-6-9-18(14-17)31-3)24(28)25(29)26(22)12-7-13-30-2/h6,8-11,14-15,22,27H,5,7,12-13H2,1-4H3. The molecule has 0 aliphatic carbocycles. The molecule has 1 saturated heterocycles. The molecule has 3 rings (SSSR count). The first kappa shape index (κ1) is 24.1. The lowest BCUT2D eigenvalue weighted by atomic mass is 9.95. The van der Waals surface area contributed by atoms with Gasteiger partial charge in [-0.05, 0) is 43.2 Å². The second-order valence-corrected chi connectivity index (χ2v) is 7.41. The average molecular weight is 456 g/mol. The lowest BCUT2D eigenvalue weighted by Crippen LogP contribution is -2.31. The minimum atomic E-state index is -0.794. The van der Waals surface area contributed by atoms with Gasteiger partial charge in [0.05, 0.1) is 32.4 Å². The van der Waals surface area contributed by atoms with Gasteiger partial charge < -0.3 is 29.0 Å². The summed E-state index contributed by atoms with van der Waals surface area (Å²) in [5.41, 5.74) is 1.01. The summed E-state index contributed by atoms with van der Waals surface area (Å²) in [7, 11) is 4.61. The molecule has 176 valence electrons. The van der Waals surface area contributed by atoms with Gasteiger partial charge in [-0.3, -0.25) is 9.59 Å². The normalized spacial score (nSPS) is 17.3. The zero-order valence-corrected chi connectivity index (χ0v) is 19.3. The third kappa shape index (κ3) is 4.96. The van der Waals surface area contributed by atoms with Crippen molar-refractivity contribution in [2.75, 3.05) is 41.1 Å². The van der Waals surface area contributed by atoms with Crippen molar-refractivity contribution in [3.8, 4) is 17.2 Å². The van der Waals surface area contributed by atoms with E-state index in [1.807, 2.05) is 6.92 Å². The Labute approximate surface area is 193 Å². The molecule has 1 atom stereocenters. The van der Waals surface area contributed by atoms with Crippen molar-refractivity contribution in [3.63, 3.8) is 0 Å². The molecule has 1 fully saturated rings. The highest BCUT2D eigenvalue weighted by atomic mass is 16.5. The molecule has 2 aromatic carbocycles. The van der Waals surface area contributed by atoms with Crippen LogP contribution in [0.2, 0.25) is 0 Å². The number of carbonyl (C=O) groups is 2. The quantitative estimate of drug-likeness (QED) is 0.253. The van der Waals surface area contributed by atoms with Gasteiger partial charge in [-0.15, -0.1) is 0 Å². The first-order valence-electron chi connectivity index (χ1n) is 10.7. The Morgan fingerprint density at radius 1 is 1.03 bits per heavy atom. The number of Topliss-reactive ketones (excluding diaryl/α,β-unsaturated/α-hetero) is 1. The molecular weight excluding hydrogens is 426 g/mol. The van der Waals surface area contributed by atoms with Crippen molar-refractivity contribution in [1.29, 1.82) is 0 Å². The smallest absolute Gasteiger partial charge is 0.295 e. The van der Waals surface area contributed by atoms with Gasteiger partial charge in [0.1, 0.15) is 11.5 Å². The topological polar surface area (TPSA) is 94.5 Å². The predicted octanol–water partition coefficient (Wildman–Crippen LogP) is 3.56. The number of nitrogens with zero attached hydrogens (tertiary/aromatic N) is 1. The number of hydrogen-bond donors (Lipinski definition) is 1. The molecule has 1 N–H and O–H groups in total. The van der Waals surface area contributed by atoms with E-state index in [4.69, 9.17) is 18.9 Å². The number of aliphatic hydroxyl groups is 1. The molecule has 0 bridgehead atoms. The molecule has 1 heterocycles. The van der Waals surface area contributed by atoms with E-state index in [1.54, 1.807) is 49.6 Å². The number of rotatable bonds is 10. The van der Waals surface area contributed by atoms with Gasteiger partial charge in [0, 0.05) is 25.8 Å². The molecule has 0 radical (unpaired) electrons. The van der Waals surface area contributed by atoms with Crippen LogP contribution in [0.5, 0.6) is 17.2 Å². The summed E-state index contributed by atoms with van der Waals surface area (Å²) < 4.78 is 21.4. The fourth-order valence-electron chi connectivity index (χ4n) is 3.89. The average Bonchev–Trinajstić information content (AvgIpc) is 3.09. The van der Waals surface area contributed by atoms with E-state index in [2.05, 4.69) is 0 Å². The Bertz CT molecular complexity index is 1050. The van der Waals surface area contributed by atoms with Crippen molar-refractivity contribution < 1.29 is 33.6 Å². The van der Waals surface area contributed by atoms with Crippen molar-refractivity contribution in [2.24, 2.45) is 0 Å². The Morgan fingerprint density at radius 2 is 1.82 bits per heavy atom. The van der Waals surface area contributed by atoms with Crippen molar-refractivity contribution in [2.45, 2.75) is 19.4 Å². The number of likely N-dealkylation sites (tertiary alicyclic amines) is 1. The Morgan fingerprint density at radius 3 is 2.48 bits per heavy atom. The van der Waals surface area contributed by atoms with E-state index in [0.717, 1.165) is 0 Å². The molecule has 1 amide bonds. The van der Waals surface area contributed by atoms with E-state index in [9.17, 15) is 14.7 Å². The zero-order chi connectivity index (χ0) is 24.0. The van der Waals surface area contributed by atoms with Crippen LogP contribution < -0.4 is 14.2 Å². The molecule has 8 heteroatoms. The second-order valence-electron chi connectivity index (χ2n) is 7.41. The maximum absolute atomic E-state index is 13.1. The SMILES string of the molecule is CCOc1ccc(C2C(=C(O)c3cccc(OC)c3)C(=O)C(=O)N2CCCOC)cc1OC. The van der Waals surface area contributed by atoms with Crippen molar-refractivity contribution >= 4 is 17.4 Å². The van der Waals surface area contributed by atoms with Crippen LogP contribution in [0, 0.1) is 0 Å². The van der Waals surface area contributed by atoms with E-state index in [1.165, 1.54) is 19.1 Å². The predicted molar refractivity (Wildman–Crippen MR) is 123 cm³/mol. The number of carbonyl (C=O) groups excluding carboxylic acids is 2. The van der Waals surface area contributed by atoms with Gasteiger partial charge in [0.15, 0.2) is 11.5 Å². The number of benzene rings is 2. The maximum Gasteiger partial charge on any atom is 0.295 e. The molecule has 0 saturated carbocycles. The van der Waals surface area contributed by atoms with Gasteiger partial charge >= 0.3 is 0 Å². The molecule has 8 nitrogen and oxygen atoms in total. The molecular formula is C25H29NO7. The van der Waals surface area contributed by atoms with Crippen molar-refractivity contribution in [1.82, 2.24) is 4.90 Å². The number of aliphatic hydroxyl groups excluding tert-OH is 1. The van der Waals surface area contributed by atoms with E-state index in [-0.39, 0.29) is 17.9 Å². The van der Waals surface area contributed by atoms with Crippen LogP contribution >= 0.6 is 0 Å². The first-order chi connectivity index (χ1) is 16.0. The van der Waals surface area contributed by atoms with Crippen LogP contribution in [0.3, 0.4) is 0 Å². The number of methoxy groups -OCH3 is 3. The van der Waals surface area contributed by atoms with Gasteiger partial charge in [-0.1, -0.05) is 18.2 Å². The lowest BCUT2D eigenvalue weighted by molar-refractivity contribution is -0.140. The summed E-state index contributed by atoms with van der Waals surface area (Å²) >= 11 is 0. The Balaban J connectivity index is 2.16. The van der Waals surface area contributed by atoms with Crippen LogP contribution in [-0.2, 0) is 14.3 Å². The minimum absolute atomic E-state index is 0.0110. The van der Waals surface area contributed by atoms with E-state index < -0.39 is 17.7 Å². The monoisotopic (exact) mass is 455 g/mol. The largest absolute Gasteiger partial charge is 0.507 e. The highest BCUT2D eigenvalue weighted by Crippen LogP contribution is 2.42. The summed E-state index contributed by atoms with van der Waals surface area (Å²) in [6.45, 7) is 3.04. The Kier molecular flexibility index (Phi) is 7.95. The fourth-order valence-corrected chi connectivity index (χ4v) is 3.89. The van der Waals surface area contributed by atoms with Gasteiger partial charge in [0.25, 0.3) is 11.7 Å². The molecule has 0 aromatic heterocycles. The molecule has 0 spiro atoms. The van der Waals surface area contributed by atoms with Crippen LogP contribution in [0.15, 0.2) is 48.0 Å². The fraction of sp³-hybridized carbons (Fsp3) is 0.360. The number of amides is 1. The molecule has 1 aliphatic rings. The maximum atomic E-state index is 13.1. The minimum Gasteiger partial charge on any atom is -0.507 e. The van der Waals surface area contributed by atoms with Crippen LogP contribution in [0.1, 0.15) is 30.5 Å². The summed E-state index contributed by atoms with van der Waals surface area (Å²) in [4.78, 5) is 27.5. The van der Waals surface area contributed by atoms with E-state index >= 15 is 0 Å². The third-order valence-electron chi connectivity index (χ3n) is 5.43. The number of ketones is 1. The summed E-state index contributed by atoms with van der Waals surface area (Å²) in [6.07, 6.45) is 0.535. The van der Waals surface area contributed by atoms with Gasteiger partial charge in [-0.25, -0.2) is 0 Å². The van der Waals surface area contributed by atoms with Gasteiger partial charge in [0.2, 0.25) is 0 Å². The molecule has 2 aromatic rings. The highest BCUT2D eigenvalue weighted by Gasteiger charge is 2.46. The van der Waals surface area contributed by atoms with Crippen molar-refractivity contribution in [3.05, 3.63) is 59.2 Å². The lowest BCUT2D eigenvalue weighted by Gasteiger charge is -2.26. The number of ether oxygens (including phenoxy) is 4. The number of hydrogen-bond acceptors (Lipinski definition) is 7. The third-order valence-corrected chi connectivity index (χ3v) is 5.43. The zero-order valence-electron chi connectivity index (χ0n) is 19.3. The first-order valence-corrected chi connectivity index (χ1v) is 10.7. The van der Waals surface area contributed by atoms with E-state index in [0.29, 0.717) is 48.0 Å². The summed E-state index contributed by atoms with van der Waals surface area (Å²) in [5.74, 6) is -0.142. The molecule has 1 aliphatic heterocycles. The van der Waals surface area contributed by atoms with Crippen LogP contribution in [0.4, 0.5) is 0 Å². The van der Waals surface area contributed by atoms with Crippen LogP contribution in [-0.4, -0.2) is 62.8 Å². The summed E-state index contributed by atoms with van der Waals surface area (Å²) in [6, 6.07) is 11.1. The van der Waals surface area contributed by atoms with Gasteiger partial charge in [-0.2, -0.15) is 0 Å². The highest BCUT2D eigenvalue weighted by molar-refractivity contribution is 6.46. The summed E-state index contributed by atoms with van der Waals surface area (Å²) in [5, 5.41) is 11.2. The molecule has 33 heavy (non-hydrogen) atoms.